The van der Waals surface area contributed by atoms with Crippen LogP contribution in [-0.2, 0) is 4.79 Å². The molecule has 0 aliphatic rings. The van der Waals surface area contributed by atoms with Gasteiger partial charge in [-0.3, -0.25) is 4.79 Å². The summed E-state index contributed by atoms with van der Waals surface area (Å²) in [5.41, 5.74) is 0. The second-order valence-electron chi connectivity index (χ2n) is 16.2. The summed E-state index contributed by atoms with van der Waals surface area (Å²) in [6.07, 6.45) is 57.3. The zero-order valence-corrected chi connectivity index (χ0v) is 35.3. The van der Waals surface area contributed by atoms with Crippen molar-refractivity contribution in [1.29, 1.82) is 0 Å². The van der Waals surface area contributed by atoms with Gasteiger partial charge >= 0.3 is 0 Å². The van der Waals surface area contributed by atoms with Gasteiger partial charge in [0, 0.05) is 6.42 Å². The van der Waals surface area contributed by atoms with E-state index in [4.69, 9.17) is 0 Å². The molecule has 0 heterocycles. The van der Waals surface area contributed by atoms with E-state index >= 15 is 0 Å². The van der Waals surface area contributed by atoms with Gasteiger partial charge in [0.2, 0.25) is 5.91 Å². The first-order valence-electron chi connectivity index (χ1n) is 23.5. The number of hydrogen-bond acceptors (Lipinski definition) is 3. The Labute approximate surface area is 326 Å². The predicted octanol–water partition coefficient (Wildman–Crippen LogP) is 14.8. The number of unbranched alkanes of at least 4 members (excludes halogenated alkanes) is 32. The van der Waals surface area contributed by atoms with Crippen LogP contribution >= 0.6 is 0 Å². The van der Waals surface area contributed by atoms with E-state index in [2.05, 4.69) is 43.5 Å². The molecule has 0 aromatic rings. The van der Waals surface area contributed by atoms with E-state index in [1.165, 1.54) is 199 Å². The zero-order valence-electron chi connectivity index (χ0n) is 35.3. The van der Waals surface area contributed by atoms with Crippen molar-refractivity contribution in [3.05, 3.63) is 24.3 Å². The Hall–Kier alpha value is -1.13. The van der Waals surface area contributed by atoms with Crippen molar-refractivity contribution in [3.63, 3.8) is 0 Å². The molecule has 0 aliphatic carbocycles. The van der Waals surface area contributed by atoms with Crippen LogP contribution in [0.5, 0.6) is 0 Å². The number of amides is 1. The van der Waals surface area contributed by atoms with Crippen LogP contribution in [0.1, 0.15) is 258 Å². The lowest BCUT2D eigenvalue weighted by molar-refractivity contribution is -0.123. The van der Waals surface area contributed by atoms with E-state index in [9.17, 15) is 15.0 Å². The molecule has 0 spiro atoms. The Bertz CT molecular complexity index is 750. The summed E-state index contributed by atoms with van der Waals surface area (Å²) in [5, 5.41) is 22.9. The van der Waals surface area contributed by atoms with Crippen LogP contribution < -0.4 is 5.32 Å². The fourth-order valence-electron chi connectivity index (χ4n) is 7.33. The second-order valence-corrected chi connectivity index (χ2v) is 16.2. The molecule has 0 saturated carbocycles. The van der Waals surface area contributed by atoms with E-state index in [1.807, 2.05) is 0 Å². The van der Waals surface area contributed by atoms with E-state index in [-0.39, 0.29) is 12.5 Å². The Balaban J connectivity index is 3.34. The minimum Gasteiger partial charge on any atom is -0.394 e. The number of carbonyl (C=O) groups excluding carboxylic acids is 1. The molecule has 0 aromatic carbocycles. The van der Waals surface area contributed by atoms with E-state index in [0.29, 0.717) is 12.8 Å². The summed E-state index contributed by atoms with van der Waals surface area (Å²) in [5.74, 6) is -0.0320. The molecule has 0 aliphatic heterocycles. The van der Waals surface area contributed by atoms with Gasteiger partial charge in [0.25, 0.3) is 0 Å². The van der Waals surface area contributed by atoms with E-state index in [1.54, 1.807) is 0 Å². The summed E-state index contributed by atoms with van der Waals surface area (Å²) >= 11 is 0. The molecule has 0 bridgehead atoms. The predicted molar refractivity (Wildman–Crippen MR) is 230 cm³/mol. The maximum absolute atomic E-state index is 12.3. The van der Waals surface area contributed by atoms with Crippen molar-refractivity contribution >= 4 is 5.91 Å². The van der Waals surface area contributed by atoms with Crippen LogP contribution in [0.15, 0.2) is 24.3 Å². The molecule has 0 rings (SSSR count). The molecule has 2 atom stereocenters. The zero-order chi connectivity index (χ0) is 37.8. The first-order valence-corrected chi connectivity index (χ1v) is 23.5. The lowest BCUT2D eigenvalue weighted by atomic mass is 10.0. The molecule has 2 unspecified atom stereocenters. The monoisotopic (exact) mass is 732 g/mol. The van der Waals surface area contributed by atoms with Gasteiger partial charge in [-0.1, -0.05) is 231 Å². The number of allylic oxidation sites excluding steroid dienone is 4. The third kappa shape index (κ3) is 40.1. The van der Waals surface area contributed by atoms with Gasteiger partial charge < -0.3 is 15.5 Å². The fraction of sp³-hybridized carbons (Fsp3) is 0.896. The molecule has 0 radical (unpaired) electrons. The normalized spacial score (nSPS) is 13.1. The van der Waals surface area contributed by atoms with Gasteiger partial charge in [-0.25, -0.2) is 0 Å². The highest BCUT2D eigenvalue weighted by molar-refractivity contribution is 5.76. The van der Waals surface area contributed by atoms with Gasteiger partial charge in [0.05, 0.1) is 18.8 Å². The third-order valence-corrected chi connectivity index (χ3v) is 11.0. The molecule has 4 nitrogen and oxygen atoms in total. The first-order chi connectivity index (χ1) is 25.7. The van der Waals surface area contributed by atoms with E-state index < -0.39 is 12.1 Å². The summed E-state index contributed by atoms with van der Waals surface area (Å²) in [6.45, 7) is 4.31. The Morgan fingerprint density at radius 3 is 1.15 bits per heavy atom. The summed E-state index contributed by atoms with van der Waals surface area (Å²) in [7, 11) is 0. The minimum absolute atomic E-state index is 0.0320. The van der Waals surface area contributed by atoms with Gasteiger partial charge in [0.1, 0.15) is 0 Å². The van der Waals surface area contributed by atoms with E-state index in [0.717, 1.165) is 32.1 Å². The number of carbonyl (C=O) groups is 1. The molecule has 0 aromatic heterocycles. The maximum atomic E-state index is 12.3. The highest BCUT2D eigenvalue weighted by Gasteiger charge is 2.20. The average molecular weight is 732 g/mol. The first kappa shape index (κ1) is 50.9. The van der Waals surface area contributed by atoms with Crippen LogP contribution in [0, 0.1) is 0 Å². The molecule has 0 fully saturated rings. The van der Waals surface area contributed by atoms with Crippen molar-refractivity contribution < 1.29 is 15.0 Å². The van der Waals surface area contributed by atoms with Crippen molar-refractivity contribution in [2.75, 3.05) is 6.61 Å². The fourth-order valence-corrected chi connectivity index (χ4v) is 7.33. The van der Waals surface area contributed by atoms with Crippen molar-refractivity contribution in [1.82, 2.24) is 5.32 Å². The Kier molecular flexibility index (Phi) is 43.3. The Morgan fingerprint density at radius 2 is 0.788 bits per heavy atom. The number of aliphatic hydroxyl groups excluding tert-OH is 2. The Morgan fingerprint density at radius 1 is 0.462 bits per heavy atom. The van der Waals surface area contributed by atoms with Gasteiger partial charge in [-0.05, 0) is 44.9 Å². The SMILES string of the molecule is CCCCCCC/C=C\C/C=C\CCCCCCCCCCCCCCCCCCCCCCCC(=O)NC(CO)C(O)CCCCCCCCC. The standard InChI is InChI=1S/C48H93NO3/c1-3-5-7-9-11-12-13-14-15-16-17-18-19-20-21-22-23-24-25-26-27-28-29-30-31-32-33-34-35-36-38-40-42-44-48(52)49-46(45-50)47(51)43-41-39-37-10-8-6-4-2/h13-14,16-17,46-47,50-51H,3-12,15,18-45H2,1-2H3,(H,49,52)/b14-13-,17-16-. The minimum atomic E-state index is -0.653. The lowest BCUT2D eigenvalue weighted by Crippen LogP contribution is -2.45. The highest BCUT2D eigenvalue weighted by Crippen LogP contribution is 2.16. The lowest BCUT2D eigenvalue weighted by Gasteiger charge is -2.22. The topological polar surface area (TPSA) is 69.6 Å². The summed E-state index contributed by atoms with van der Waals surface area (Å²) in [6, 6.07) is -0.529. The highest BCUT2D eigenvalue weighted by atomic mass is 16.3. The molecule has 4 heteroatoms. The number of hydrogen-bond donors (Lipinski definition) is 3. The third-order valence-electron chi connectivity index (χ3n) is 11.0. The van der Waals surface area contributed by atoms with Gasteiger partial charge in [0.15, 0.2) is 0 Å². The van der Waals surface area contributed by atoms with Gasteiger partial charge in [-0.15, -0.1) is 0 Å². The molecular weight excluding hydrogens is 639 g/mol. The van der Waals surface area contributed by atoms with Crippen LogP contribution in [0.4, 0.5) is 0 Å². The molecule has 308 valence electrons. The largest absolute Gasteiger partial charge is 0.394 e. The second kappa shape index (κ2) is 44.3. The van der Waals surface area contributed by atoms with Crippen LogP contribution in [0.2, 0.25) is 0 Å². The van der Waals surface area contributed by atoms with Gasteiger partial charge in [-0.2, -0.15) is 0 Å². The van der Waals surface area contributed by atoms with Crippen molar-refractivity contribution in [3.8, 4) is 0 Å². The maximum Gasteiger partial charge on any atom is 0.220 e. The van der Waals surface area contributed by atoms with Crippen molar-refractivity contribution in [2.24, 2.45) is 0 Å². The quantitative estimate of drug-likeness (QED) is 0.0432. The molecule has 1 amide bonds. The number of nitrogens with one attached hydrogen (secondary N) is 1. The molecule has 52 heavy (non-hydrogen) atoms. The van der Waals surface area contributed by atoms with Crippen LogP contribution in [0.25, 0.3) is 0 Å². The average Bonchev–Trinajstić information content (AvgIpc) is 3.15. The number of rotatable bonds is 43. The molecule has 3 N–H and O–H groups in total. The summed E-state index contributed by atoms with van der Waals surface area (Å²) < 4.78 is 0. The van der Waals surface area contributed by atoms with Crippen LogP contribution in [-0.4, -0.2) is 34.9 Å². The van der Waals surface area contributed by atoms with Crippen molar-refractivity contribution in [2.45, 2.75) is 270 Å². The number of aliphatic hydroxyl groups is 2. The smallest absolute Gasteiger partial charge is 0.220 e. The summed E-state index contributed by atoms with van der Waals surface area (Å²) in [4.78, 5) is 12.3. The molecule has 0 saturated heterocycles. The molecular formula is C48H93NO3. The van der Waals surface area contributed by atoms with Crippen LogP contribution in [0.3, 0.4) is 0 Å².